The lowest BCUT2D eigenvalue weighted by Gasteiger charge is -2.58. The average molecular weight is 958 g/mol. The van der Waals surface area contributed by atoms with E-state index in [0.29, 0.717) is 42.4 Å². The van der Waals surface area contributed by atoms with Crippen molar-refractivity contribution in [3.63, 3.8) is 0 Å². The summed E-state index contributed by atoms with van der Waals surface area (Å²) in [4.78, 5) is 38.7. The summed E-state index contributed by atoms with van der Waals surface area (Å²) in [6, 6.07) is 0. The molecule has 6 nitrogen and oxygen atoms in total. The molecule has 390 valence electrons. The van der Waals surface area contributed by atoms with Crippen molar-refractivity contribution >= 4 is 17.7 Å². The molecule has 3 saturated carbocycles. The summed E-state index contributed by atoms with van der Waals surface area (Å²) < 4.78 is 7.21. The Hall–Kier alpha value is -1.40. The largest absolute Gasteiger partial charge is 1.00 e. The number of hydrogen-bond acceptors (Lipinski definition) is 4. The van der Waals surface area contributed by atoms with Gasteiger partial charge in [-0.2, -0.15) is 0 Å². The minimum absolute atomic E-state index is 0. The van der Waals surface area contributed by atoms with Gasteiger partial charge in [-0.25, -0.2) is 0 Å². The van der Waals surface area contributed by atoms with Gasteiger partial charge in [0.1, 0.15) is 6.10 Å². The molecule has 67 heavy (non-hydrogen) atoms. The lowest BCUT2D eigenvalue weighted by molar-refractivity contribution is -0.908. The number of esters is 1. The van der Waals surface area contributed by atoms with Gasteiger partial charge in [0.25, 0.3) is 0 Å². The number of nitrogens with one attached hydrogen (secondary N) is 1. The number of carbonyl (C=O) groups is 3. The standard InChI is InChI=1S/C60H108N2O4.ClH/c1-7-9-11-13-15-17-19-21-23-25-27-29-31-33-46-62(6,47-34-32-30-28-26-24-22-20-18-16-14-12-10-8-2)48-45-61-57(64)39-40-58(65)66-50(3)54-37-38-55-53-36-35-51-49-52(63)41-43-59(51,4)56(53)42-44-60(54,55)5;/h49-50,53-56H,7-48H2,1-6H3;1H/t50-,53?,54+,55?,56?,59-,60+;/m0./s1. The number of quaternary nitrogens is 1. The molecule has 3 unspecified atom stereocenters. The summed E-state index contributed by atoms with van der Waals surface area (Å²) in [6.07, 6.45) is 49.8. The highest BCUT2D eigenvalue weighted by Gasteiger charge is 2.60. The van der Waals surface area contributed by atoms with Gasteiger partial charge in [0.15, 0.2) is 5.78 Å². The normalized spacial score (nSPS) is 25.1. The van der Waals surface area contributed by atoms with Gasteiger partial charge in [0.05, 0.1) is 39.6 Å². The van der Waals surface area contributed by atoms with Crippen LogP contribution < -0.4 is 17.7 Å². The molecule has 4 aliphatic carbocycles. The van der Waals surface area contributed by atoms with Crippen LogP contribution in [0.3, 0.4) is 0 Å². The van der Waals surface area contributed by atoms with Crippen molar-refractivity contribution < 1.29 is 36.0 Å². The van der Waals surface area contributed by atoms with E-state index in [-0.39, 0.29) is 54.1 Å². The van der Waals surface area contributed by atoms with Crippen LogP contribution in [-0.4, -0.2) is 61.5 Å². The van der Waals surface area contributed by atoms with Crippen LogP contribution in [0.5, 0.6) is 0 Å². The summed E-state index contributed by atoms with van der Waals surface area (Å²) in [5, 5.41) is 3.22. The third-order valence-electron chi connectivity index (χ3n) is 18.6. The van der Waals surface area contributed by atoms with Gasteiger partial charge in [-0.05, 0) is 112 Å². The maximum Gasteiger partial charge on any atom is 0.306 e. The Morgan fingerprint density at radius 1 is 0.627 bits per heavy atom. The summed E-state index contributed by atoms with van der Waals surface area (Å²) in [6.45, 7) is 15.7. The van der Waals surface area contributed by atoms with Gasteiger partial charge in [0, 0.05) is 18.8 Å². The predicted octanol–water partition coefficient (Wildman–Crippen LogP) is 13.4. The Morgan fingerprint density at radius 3 is 1.60 bits per heavy atom. The number of rotatable bonds is 38. The molecule has 7 atom stereocenters. The molecule has 0 aromatic heterocycles. The highest BCUT2D eigenvalue weighted by Crippen LogP contribution is 2.67. The van der Waals surface area contributed by atoms with Crippen LogP contribution in [0.15, 0.2) is 11.6 Å². The Balaban J connectivity index is 0.0000119. The quantitative estimate of drug-likeness (QED) is 0.0380. The summed E-state index contributed by atoms with van der Waals surface area (Å²) in [5.74, 6) is 2.49. The van der Waals surface area contributed by atoms with Crippen LogP contribution in [0.1, 0.15) is 279 Å². The Kier molecular flexibility index (Phi) is 29.8. The fourth-order valence-electron chi connectivity index (χ4n) is 14.2. The molecule has 0 bridgehead atoms. The first kappa shape index (κ1) is 59.9. The zero-order valence-corrected chi connectivity index (χ0v) is 45.9. The molecule has 0 aliphatic heterocycles. The highest BCUT2D eigenvalue weighted by atomic mass is 35.5. The Labute approximate surface area is 421 Å². The number of ether oxygens (including phenoxy) is 1. The molecule has 4 aliphatic rings. The van der Waals surface area contributed by atoms with E-state index in [1.165, 1.54) is 224 Å². The molecule has 0 heterocycles. The van der Waals surface area contributed by atoms with E-state index < -0.39 is 0 Å². The number of ketones is 1. The molecule has 4 rings (SSSR count). The van der Waals surface area contributed by atoms with Gasteiger partial charge in [-0.1, -0.05) is 187 Å². The topological polar surface area (TPSA) is 72.5 Å². The lowest BCUT2D eigenvalue weighted by atomic mass is 9.46. The molecule has 3 fully saturated rings. The average Bonchev–Trinajstić information content (AvgIpc) is 3.66. The number of unbranched alkanes of at least 4 members (excludes halogenated alkanes) is 26. The van der Waals surface area contributed by atoms with Crippen molar-refractivity contribution in [1.82, 2.24) is 5.32 Å². The van der Waals surface area contributed by atoms with Gasteiger partial charge >= 0.3 is 5.97 Å². The summed E-state index contributed by atoms with van der Waals surface area (Å²) in [7, 11) is 2.43. The number of amides is 1. The van der Waals surface area contributed by atoms with Gasteiger partial charge < -0.3 is 26.9 Å². The van der Waals surface area contributed by atoms with E-state index in [9.17, 15) is 14.4 Å². The number of allylic oxidation sites excluding steroid dienone is 1. The fraction of sp³-hybridized carbons (Fsp3) is 0.917. The third kappa shape index (κ3) is 20.7. The molecule has 7 heteroatoms. The molecular weight excluding hydrogens is 848 g/mol. The smallest absolute Gasteiger partial charge is 0.306 e. The van der Waals surface area contributed by atoms with Gasteiger partial charge in [0.2, 0.25) is 5.91 Å². The van der Waals surface area contributed by atoms with E-state index in [0.717, 1.165) is 30.3 Å². The number of fused-ring (bicyclic) bond motifs is 5. The Bertz CT molecular complexity index is 1370. The zero-order valence-electron chi connectivity index (χ0n) is 45.1. The molecule has 0 aromatic carbocycles. The monoisotopic (exact) mass is 957 g/mol. The highest BCUT2D eigenvalue weighted by molar-refractivity contribution is 5.91. The van der Waals surface area contributed by atoms with Crippen molar-refractivity contribution in [3.05, 3.63) is 11.6 Å². The predicted molar refractivity (Wildman–Crippen MR) is 279 cm³/mol. The molecule has 0 saturated heterocycles. The maximum absolute atomic E-state index is 13.3. The SMILES string of the molecule is CCCCCCCCCCCCCCCC[N+](C)(CCCCCCCCCCCCCCCC)CCNC(=O)CCC(=O)O[C@@H](C)[C@H]1CCC2C3CCC4=CC(=O)CC[C@]4(C)C3CC[C@@]21C.[Cl-]. The minimum atomic E-state index is -0.221. The fourth-order valence-corrected chi connectivity index (χ4v) is 14.2. The molecule has 1 N–H and O–H groups in total. The first-order valence-electron chi connectivity index (χ1n) is 29.5. The van der Waals surface area contributed by atoms with Crippen molar-refractivity contribution in [2.24, 2.45) is 34.5 Å². The van der Waals surface area contributed by atoms with Crippen LogP contribution >= 0.6 is 0 Å². The van der Waals surface area contributed by atoms with Crippen molar-refractivity contribution in [2.45, 2.75) is 285 Å². The second kappa shape index (κ2) is 33.3. The molecule has 1 amide bonds. The Morgan fingerprint density at radius 2 is 1.10 bits per heavy atom. The number of carbonyl (C=O) groups excluding carboxylic acids is 3. The second-order valence-corrected chi connectivity index (χ2v) is 23.7. The van der Waals surface area contributed by atoms with Crippen LogP contribution in [0.4, 0.5) is 0 Å². The maximum atomic E-state index is 13.3. The van der Waals surface area contributed by atoms with Gasteiger partial charge in [-0.15, -0.1) is 0 Å². The summed E-state index contributed by atoms with van der Waals surface area (Å²) >= 11 is 0. The van der Waals surface area contributed by atoms with Crippen LogP contribution in [0.25, 0.3) is 0 Å². The van der Waals surface area contributed by atoms with Crippen molar-refractivity contribution in [3.8, 4) is 0 Å². The van der Waals surface area contributed by atoms with E-state index in [1.807, 2.05) is 6.08 Å². The van der Waals surface area contributed by atoms with Crippen molar-refractivity contribution in [2.75, 3.05) is 33.2 Å². The number of halogens is 1. The number of nitrogens with zero attached hydrogens (tertiary/aromatic N) is 1. The molecule has 0 spiro atoms. The van der Waals surface area contributed by atoms with E-state index in [4.69, 9.17) is 4.74 Å². The first-order valence-corrected chi connectivity index (χ1v) is 29.5. The zero-order chi connectivity index (χ0) is 47.5. The van der Waals surface area contributed by atoms with E-state index in [2.05, 4.69) is 47.0 Å². The lowest BCUT2D eigenvalue weighted by Crippen LogP contribution is -3.00. The van der Waals surface area contributed by atoms with Crippen LogP contribution in [-0.2, 0) is 19.1 Å². The van der Waals surface area contributed by atoms with Crippen LogP contribution in [0, 0.1) is 34.5 Å². The van der Waals surface area contributed by atoms with E-state index >= 15 is 0 Å². The van der Waals surface area contributed by atoms with E-state index in [1.54, 1.807) is 0 Å². The number of hydrogen-bond donors (Lipinski definition) is 1. The molecule has 0 radical (unpaired) electrons. The van der Waals surface area contributed by atoms with Crippen molar-refractivity contribution in [1.29, 1.82) is 0 Å². The third-order valence-corrected chi connectivity index (χ3v) is 18.6. The summed E-state index contributed by atoms with van der Waals surface area (Å²) in [5.41, 5.74) is 1.80. The second-order valence-electron chi connectivity index (χ2n) is 23.7. The minimum Gasteiger partial charge on any atom is -1.00 e. The molecule has 0 aromatic rings. The molecular formula is C60H109ClN2O4. The number of likely N-dealkylation sites (N-methyl/N-ethyl adjacent to an activating group) is 1. The van der Waals surface area contributed by atoms with Gasteiger partial charge in [-0.3, -0.25) is 14.4 Å². The van der Waals surface area contributed by atoms with Crippen LogP contribution in [0.2, 0.25) is 0 Å². The first-order chi connectivity index (χ1) is 32.0.